The van der Waals surface area contributed by atoms with Crippen LogP contribution in [0.5, 0.6) is 0 Å². The van der Waals surface area contributed by atoms with Gasteiger partial charge in [0.2, 0.25) is 11.8 Å². The van der Waals surface area contributed by atoms with E-state index in [0.717, 1.165) is 11.6 Å². The number of carbonyl (C=O) groups excluding carboxylic acids is 1. The number of rotatable bonds is 6. The molecule has 0 atom stereocenters. The Hall–Kier alpha value is -2.90. The number of alkyl halides is 2. The Kier molecular flexibility index (Phi) is 5.41. The highest BCUT2D eigenvalue weighted by atomic mass is 19.3. The van der Waals surface area contributed by atoms with E-state index < -0.39 is 23.4 Å². The summed E-state index contributed by atoms with van der Waals surface area (Å²) in [5, 5.41) is 3.21. The Morgan fingerprint density at radius 3 is 2.36 bits per heavy atom. The van der Waals surface area contributed by atoms with Gasteiger partial charge in [-0.3, -0.25) is 4.79 Å². The van der Waals surface area contributed by atoms with Crippen LogP contribution in [0.15, 0.2) is 36.4 Å². The maximum atomic E-state index is 14.4. The molecule has 2 aliphatic rings. The Morgan fingerprint density at radius 1 is 1.00 bits per heavy atom. The van der Waals surface area contributed by atoms with Crippen molar-refractivity contribution in [1.29, 1.82) is 0 Å². The lowest BCUT2D eigenvalue weighted by Crippen LogP contribution is -2.45. The van der Waals surface area contributed by atoms with Crippen LogP contribution in [0.2, 0.25) is 0 Å². The van der Waals surface area contributed by atoms with Crippen LogP contribution in [0.1, 0.15) is 31.2 Å². The molecule has 3 aromatic rings. The first-order valence-electron chi connectivity index (χ1n) is 11.1. The predicted octanol–water partition coefficient (Wildman–Crippen LogP) is 5.98. The number of benzene rings is 2. The van der Waals surface area contributed by atoms with Gasteiger partial charge in [-0.05, 0) is 72.6 Å². The molecular formula is C25H23F5N2O. The zero-order chi connectivity index (χ0) is 23.3. The highest BCUT2D eigenvalue weighted by Gasteiger charge is 2.45. The van der Waals surface area contributed by atoms with Crippen molar-refractivity contribution in [3.05, 3.63) is 59.4 Å². The maximum absolute atomic E-state index is 14.4. The number of fused-ring (bicyclic) bond motifs is 1. The van der Waals surface area contributed by atoms with Gasteiger partial charge >= 0.3 is 0 Å². The zero-order valence-electron chi connectivity index (χ0n) is 17.7. The van der Waals surface area contributed by atoms with Gasteiger partial charge in [-0.15, -0.1) is 0 Å². The summed E-state index contributed by atoms with van der Waals surface area (Å²) in [5.41, 5.74) is 2.19. The van der Waals surface area contributed by atoms with E-state index in [1.165, 1.54) is 18.2 Å². The lowest BCUT2D eigenvalue weighted by atomic mass is 9.71. The number of H-pyrrole nitrogens is 1. The highest BCUT2D eigenvalue weighted by Crippen LogP contribution is 2.43. The Morgan fingerprint density at radius 2 is 1.70 bits per heavy atom. The van der Waals surface area contributed by atoms with Crippen molar-refractivity contribution in [3.63, 3.8) is 0 Å². The number of carbonyl (C=O) groups is 1. The third-order valence-corrected chi connectivity index (χ3v) is 6.90. The molecule has 2 aromatic carbocycles. The maximum Gasteiger partial charge on any atom is 0.248 e. The molecule has 1 amide bonds. The van der Waals surface area contributed by atoms with Gasteiger partial charge in [-0.2, -0.15) is 0 Å². The summed E-state index contributed by atoms with van der Waals surface area (Å²) in [4.78, 5) is 15.4. The van der Waals surface area contributed by atoms with Gasteiger partial charge in [0, 0.05) is 42.5 Å². The van der Waals surface area contributed by atoms with Crippen molar-refractivity contribution < 1.29 is 26.7 Å². The summed E-state index contributed by atoms with van der Waals surface area (Å²) < 4.78 is 67.7. The van der Waals surface area contributed by atoms with E-state index >= 15 is 0 Å². The molecule has 0 bridgehead atoms. The first kappa shape index (κ1) is 21.9. The van der Waals surface area contributed by atoms with Gasteiger partial charge in [0.15, 0.2) is 0 Å². The van der Waals surface area contributed by atoms with Crippen LogP contribution in [0, 0.1) is 35.2 Å². The molecule has 2 fully saturated rings. The number of aromatic amines is 1. The van der Waals surface area contributed by atoms with E-state index in [9.17, 15) is 26.7 Å². The van der Waals surface area contributed by atoms with Crippen LogP contribution >= 0.6 is 0 Å². The van der Waals surface area contributed by atoms with Crippen LogP contribution in [0.4, 0.5) is 22.0 Å². The molecule has 0 saturated heterocycles. The van der Waals surface area contributed by atoms with Gasteiger partial charge in [-0.25, -0.2) is 22.0 Å². The van der Waals surface area contributed by atoms with Gasteiger partial charge in [0.25, 0.3) is 0 Å². The molecule has 1 heterocycles. The Bertz CT molecular complexity index is 1190. The lowest BCUT2D eigenvalue weighted by Gasteiger charge is -2.37. The van der Waals surface area contributed by atoms with E-state index in [1.807, 2.05) is 0 Å². The first-order valence-corrected chi connectivity index (χ1v) is 11.1. The molecule has 1 aromatic heterocycles. The minimum atomic E-state index is -2.60. The fourth-order valence-electron chi connectivity index (χ4n) is 5.07. The summed E-state index contributed by atoms with van der Waals surface area (Å²) in [5.74, 6) is -4.73. The zero-order valence-corrected chi connectivity index (χ0v) is 17.7. The summed E-state index contributed by atoms with van der Waals surface area (Å²) >= 11 is 0. The number of halogens is 5. The second-order valence-electron chi connectivity index (χ2n) is 9.41. The van der Waals surface area contributed by atoms with Gasteiger partial charge in [-0.1, -0.05) is 0 Å². The summed E-state index contributed by atoms with van der Waals surface area (Å²) in [7, 11) is 0. The molecule has 174 valence electrons. The minimum Gasteiger partial charge on any atom is -0.356 e. The molecule has 2 aliphatic carbocycles. The molecule has 8 heteroatoms. The number of hydrogen-bond donors (Lipinski definition) is 2. The van der Waals surface area contributed by atoms with Crippen LogP contribution in [0.3, 0.4) is 0 Å². The molecule has 0 spiro atoms. The molecule has 3 nitrogen and oxygen atoms in total. The Balaban J connectivity index is 1.29. The molecule has 0 aliphatic heterocycles. The Labute approximate surface area is 187 Å². The van der Waals surface area contributed by atoms with E-state index in [4.69, 9.17) is 0 Å². The van der Waals surface area contributed by atoms with Gasteiger partial charge in [0.1, 0.15) is 17.5 Å². The quantitative estimate of drug-likeness (QED) is 0.435. The van der Waals surface area contributed by atoms with Crippen molar-refractivity contribution in [1.82, 2.24) is 10.3 Å². The van der Waals surface area contributed by atoms with Crippen LogP contribution in [-0.2, 0) is 11.2 Å². The van der Waals surface area contributed by atoms with Crippen LogP contribution < -0.4 is 5.32 Å². The number of nitrogens with one attached hydrogen (secondary N) is 2. The third-order valence-electron chi connectivity index (χ3n) is 6.90. The monoisotopic (exact) mass is 462 g/mol. The van der Waals surface area contributed by atoms with Gasteiger partial charge < -0.3 is 10.3 Å². The molecule has 5 rings (SSSR count). The average Bonchev–Trinajstić information content (AvgIpc) is 3.06. The van der Waals surface area contributed by atoms with Crippen LogP contribution in [-0.4, -0.2) is 23.4 Å². The van der Waals surface area contributed by atoms with E-state index in [2.05, 4.69) is 10.3 Å². The van der Waals surface area contributed by atoms with Crippen molar-refractivity contribution in [2.45, 2.75) is 38.0 Å². The van der Waals surface area contributed by atoms with Crippen molar-refractivity contribution in [3.8, 4) is 11.3 Å². The normalized spacial score (nSPS) is 22.1. The van der Waals surface area contributed by atoms with E-state index in [0.29, 0.717) is 35.9 Å². The van der Waals surface area contributed by atoms with Crippen molar-refractivity contribution >= 4 is 16.8 Å². The highest BCUT2D eigenvalue weighted by molar-refractivity contribution is 5.91. The molecule has 33 heavy (non-hydrogen) atoms. The van der Waals surface area contributed by atoms with Crippen LogP contribution in [0.25, 0.3) is 22.2 Å². The number of amides is 1. The summed E-state index contributed by atoms with van der Waals surface area (Å²) in [6.07, 6.45) is 1.37. The van der Waals surface area contributed by atoms with Gasteiger partial charge in [0.05, 0.1) is 5.52 Å². The van der Waals surface area contributed by atoms with Crippen molar-refractivity contribution in [2.75, 3.05) is 6.54 Å². The SMILES string of the molecule is O=C(NCC1CC(F)(F)C1)C1CC(Cc2c(-c3ccc(F)cc3)[nH]c3c(F)cc(F)cc23)C1. The number of hydrogen-bond acceptors (Lipinski definition) is 1. The molecule has 2 N–H and O–H groups in total. The lowest BCUT2D eigenvalue weighted by molar-refractivity contribution is -0.133. The van der Waals surface area contributed by atoms with Crippen molar-refractivity contribution in [2.24, 2.45) is 17.8 Å². The topological polar surface area (TPSA) is 44.9 Å². The van der Waals surface area contributed by atoms with E-state index in [-0.39, 0.29) is 48.6 Å². The third kappa shape index (κ3) is 4.35. The number of aromatic nitrogens is 1. The molecule has 2 saturated carbocycles. The second-order valence-corrected chi connectivity index (χ2v) is 9.41. The smallest absolute Gasteiger partial charge is 0.248 e. The minimum absolute atomic E-state index is 0.128. The van der Waals surface area contributed by atoms with E-state index in [1.54, 1.807) is 12.1 Å². The summed E-state index contributed by atoms with van der Waals surface area (Å²) in [6, 6.07) is 7.89. The molecule has 0 radical (unpaired) electrons. The summed E-state index contributed by atoms with van der Waals surface area (Å²) in [6.45, 7) is 0.269. The average molecular weight is 462 g/mol. The predicted molar refractivity (Wildman–Crippen MR) is 114 cm³/mol. The largest absolute Gasteiger partial charge is 0.356 e. The second kappa shape index (κ2) is 8.15. The fourth-order valence-corrected chi connectivity index (χ4v) is 5.07. The fraction of sp³-hybridized carbons (Fsp3) is 0.400. The molecule has 0 unspecified atom stereocenters. The first-order chi connectivity index (χ1) is 15.7. The molecular weight excluding hydrogens is 439 g/mol. The standard InChI is InChI=1S/C25H23F5N2O/c26-17-3-1-15(2-4-17)22-19(20-8-18(27)9-21(28)23(20)32-22)7-13-5-16(6-13)24(33)31-12-14-10-25(29,30)11-14/h1-4,8-9,13-14,16,32H,5-7,10-12H2,(H,31,33).